The minimum Gasteiger partial charge on any atom is -0.395 e. The summed E-state index contributed by atoms with van der Waals surface area (Å²) in [6.07, 6.45) is 3.98. The summed E-state index contributed by atoms with van der Waals surface area (Å²) in [5.74, 6) is -0.420. The van der Waals surface area contributed by atoms with Crippen LogP contribution in [0, 0.1) is 5.82 Å². The molecule has 0 saturated heterocycles. The zero-order valence-electron chi connectivity index (χ0n) is 9.17. The summed E-state index contributed by atoms with van der Waals surface area (Å²) in [6.45, 7) is 0.0585. The summed E-state index contributed by atoms with van der Waals surface area (Å²) in [6, 6.07) is 4.70. The molecule has 0 amide bonds. The first kappa shape index (κ1) is 11.2. The van der Waals surface area contributed by atoms with Gasteiger partial charge in [-0.25, -0.2) is 4.39 Å². The maximum Gasteiger partial charge on any atom is 0.148 e. The lowest BCUT2D eigenvalue weighted by molar-refractivity contribution is 0.214. The second-order valence-electron chi connectivity index (χ2n) is 4.47. The van der Waals surface area contributed by atoms with E-state index >= 15 is 0 Å². The summed E-state index contributed by atoms with van der Waals surface area (Å²) in [4.78, 5) is 0. The van der Waals surface area contributed by atoms with Gasteiger partial charge in [0.2, 0.25) is 0 Å². The molecule has 1 saturated carbocycles. The highest BCUT2D eigenvalue weighted by Crippen LogP contribution is 2.34. The smallest absolute Gasteiger partial charge is 0.148 e. The largest absolute Gasteiger partial charge is 0.395 e. The van der Waals surface area contributed by atoms with Gasteiger partial charge >= 0.3 is 0 Å². The molecule has 1 aromatic carbocycles. The van der Waals surface area contributed by atoms with Gasteiger partial charge in [-0.1, -0.05) is 18.9 Å². The van der Waals surface area contributed by atoms with Crippen molar-refractivity contribution in [3.05, 3.63) is 24.0 Å². The van der Waals surface area contributed by atoms with Gasteiger partial charge in [-0.3, -0.25) is 0 Å². The van der Waals surface area contributed by atoms with Gasteiger partial charge in [-0.15, -0.1) is 0 Å². The topological polar surface area (TPSA) is 58.3 Å². The third-order valence-electron chi connectivity index (χ3n) is 3.32. The predicted molar refractivity (Wildman–Crippen MR) is 62.7 cm³/mol. The van der Waals surface area contributed by atoms with Crippen molar-refractivity contribution in [2.45, 2.75) is 31.2 Å². The van der Waals surface area contributed by atoms with Gasteiger partial charge in [0.1, 0.15) is 5.82 Å². The lowest BCUT2D eigenvalue weighted by Crippen LogP contribution is -2.39. The summed E-state index contributed by atoms with van der Waals surface area (Å²) in [5, 5.41) is 12.6. The van der Waals surface area contributed by atoms with Crippen LogP contribution in [0.15, 0.2) is 18.2 Å². The molecule has 1 aromatic rings. The van der Waals surface area contributed by atoms with E-state index in [0.29, 0.717) is 5.69 Å². The normalized spacial score (nSPS) is 18.6. The molecule has 3 nitrogen and oxygen atoms in total. The fraction of sp³-hybridized carbons (Fsp3) is 0.500. The van der Waals surface area contributed by atoms with E-state index in [0.717, 1.165) is 25.7 Å². The second kappa shape index (κ2) is 4.29. The van der Waals surface area contributed by atoms with Crippen LogP contribution in [0.1, 0.15) is 25.7 Å². The lowest BCUT2D eigenvalue weighted by atomic mass is 9.98. The van der Waals surface area contributed by atoms with Gasteiger partial charge in [-0.05, 0) is 25.0 Å². The number of para-hydroxylation sites is 1. The molecule has 0 heterocycles. The summed E-state index contributed by atoms with van der Waals surface area (Å²) in [5.41, 5.74) is 6.04. The number of benzene rings is 1. The van der Waals surface area contributed by atoms with E-state index in [-0.39, 0.29) is 17.8 Å². The SMILES string of the molecule is Nc1c(F)cccc1NC1(CO)CCCC1. The zero-order chi connectivity index (χ0) is 11.6. The Morgan fingerprint density at radius 2 is 2.06 bits per heavy atom. The molecular formula is C12H17FN2O. The average Bonchev–Trinajstić information content (AvgIpc) is 2.74. The third kappa shape index (κ3) is 1.97. The second-order valence-corrected chi connectivity index (χ2v) is 4.47. The maximum atomic E-state index is 13.3. The van der Waals surface area contributed by atoms with E-state index < -0.39 is 5.82 Å². The molecular weight excluding hydrogens is 207 g/mol. The van der Waals surface area contributed by atoms with Crippen LogP contribution >= 0.6 is 0 Å². The first-order chi connectivity index (χ1) is 7.67. The molecule has 16 heavy (non-hydrogen) atoms. The monoisotopic (exact) mass is 224 g/mol. The zero-order valence-corrected chi connectivity index (χ0v) is 9.17. The summed E-state index contributed by atoms with van der Waals surface area (Å²) < 4.78 is 13.3. The number of hydrogen-bond donors (Lipinski definition) is 3. The Morgan fingerprint density at radius 3 is 2.69 bits per heavy atom. The number of aliphatic hydroxyl groups is 1. The highest BCUT2D eigenvalue weighted by atomic mass is 19.1. The van der Waals surface area contributed by atoms with Crippen molar-refractivity contribution in [1.29, 1.82) is 0 Å². The van der Waals surface area contributed by atoms with Gasteiger partial charge in [-0.2, -0.15) is 0 Å². The Kier molecular flexibility index (Phi) is 3.01. The molecule has 88 valence electrons. The summed E-state index contributed by atoms with van der Waals surface area (Å²) in [7, 11) is 0. The quantitative estimate of drug-likeness (QED) is 0.689. The van der Waals surface area contributed by atoms with Crippen molar-refractivity contribution in [1.82, 2.24) is 0 Å². The van der Waals surface area contributed by atoms with Gasteiger partial charge in [0.25, 0.3) is 0 Å². The van der Waals surface area contributed by atoms with Crippen LogP contribution in [0.5, 0.6) is 0 Å². The molecule has 4 heteroatoms. The van der Waals surface area contributed by atoms with Crippen LogP contribution in [-0.2, 0) is 0 Å². The Labute approximate surface area is 94.5 Å². The number of aliphatic hydroxyl groups excluding tert-OH is 1. The number of nitrogens with two attached hydrogens (primary N) is 1. The van der Waals surface area contributed by atoms with Crippen LogP contribution < -0.4 is 11.1 Å². The molecule has 0 aromatic heterocycles. The lowest BCUT2D eigenvalue weighted by Gasteiger charge is -2.30. The third-order valence-corrected chi connectivity index (χ3v) is 3.32. The first-order valence-electron chi connectivity index (χ1n) is 5.60. The molecule has 4 N–H and O–H groups in total. The van der Waals surface area contributed by atoms with Gasteiger partial charge < -0.3 is 16.2 Å². The van der Waals surface area contributed by atoms with Crippen LogP contribution in [-0.4, -0.2) is 17.3 Å². The standard InChI is InChI=1S/C12H17FN2O/c13-9-4-3-5-10(11(9)14)15-12(8-16)6-1-2-7-12/h3-5,15-16H,1-2,6-8,14H2. The average molecular weight is 224 g/mol. The molecule has 0 aliphatic heterocycles. The minimum atomic E-state index is -0.420. The Morgan fingerprint density at radius 1 is 1.38 bits per heavy atom. The van der Waals surface area contributed by atoms with Crippen LogP contribution in [0.3, 0.4) is 0 Å². The molecule has 1 fully saturated rings. The van der Waals surface area contributed by atoms with Gasteiger partial charge in [0, 0.05) is 0 Å². The number of nitrogen functional groups attached to an aromatic ring is 1. The van der Waals surface area contributed by atoms with E-state index in [1.165, 1.54) is 6.07 Å². The number of rotatable bonds is 3. The van der Waals surface area contributed by atoms with Crippen molar-refractivity contribution >= 4 is 11.4 Å². The molecule has 0 spiro atoms. The summed E-state index contributed by atoms with van der Waals surface area (Å²) >= 11 is 0. The number of anilines is 2. The molecule has 0 unspecified atom stereocenters. The molecule has 0 bridgehead atoms. The number of halogens is 1. The Balaban J connectivity index is 2.22. The van der Waals surface area contributed by atoms with Crippen LogP contribution in [0.2, 0.25) is 0 Å². The van der Waals surface area contributed by atoms with Crippen LogP contribution in [0.4, 0.5) is 15.8 Å². The van der Waals surface area contributed by atoms with E-state index in [9.17, 15) is 9.50 Å². The molecule has 1 aliphatic carbocycles. The number of hydrogen-bond acceptors (Lipinski definition) is 3. The number of nitrogens with one attached hydrogen (secondary N) is 1. The fourth-order valence-electron chi connectivity index (χ4n) is 2.31. The van der Waals surface area contributed by atoms with Crippen molar-refractivity contribution < 1.29 is 9.50 Å². The van der Waals surface area contributed by atoms with Crippen molar-refractivity contribution in [2.24, 2.45) is 0 Å². The molecule has 2 rings (SSSR count). The van der Waals surface area contributed by atoms with E-state index in [1.807, 2.05) is 0 Å². The highest BCUT2D eigenvalue weighted by Gasteiger charge is 2.33. The first-order valence-corrected chi connectivity index (χ1v) is 5.60. The van der Waals surface area contributed by atoms with Crippen molar-refractivity contribution in [3.8, 4) is 0 Å². The van der Waals surface area contributed by atoms with Gasteiger partial charge in [0.05, 0.1) is 23.5 Å². The molecule has 1 aliphatic rings. The van der Waals surface area contributed by atoms with Gasteiger partial charge in [0.15, 0.2) is 0 Å². The van der Waals surface area contributed by atoms with Crippen LogP contribution in [0.25, 0.3) is 0 Å². The predicted octanol–water partition coefficient (Wildman–Crippen LogP) is 2.12. The van der Waals surface area contributed by atoms with E-state index in [2.05, 4.69) is 5.32 Å². The maximum absolute atomic E-state index is 13.3. The van der Waals surface area contributed by atoms with Crippen molar-refractivity contribution in [3.63, 3.8) is 0 Å². The fourth-order valence-corrected chi connectivity index (χ4v) is 2.31. The molecule has 0 atom stereocenters. The van der Waals surface area contributed by atoms with E-state index in [4.69, 9.17) is 5.73 Å². The minimum absolute atomic E-state index is 0.0585. The Hall–Kier alpha value is -1.29. The molecule has 0 radical (unpaired) electrons. The van der Waals surface area contributed by atoms with Crippen molar-refractivity contribution in [2.75, 3.05) is 17.7 Å². The van der Waals surface area contributed by atoms with E-state index in [1.54, 1.807) is 12.1 Å². The highest BCUT2D eigenvalue weighted by molar-refractivity contribution is 5.67. The Bertz CT molecular complexity index is 375.